The molecule has 9 heteroatoms. The average molecular weight is 298 g/mol. The van der Waals surface area contributed by atoms with Gasteiger partial charge in [0.05, 0.1) is 19.8 Å². The van der Waals surface area contributed by atoms with Crippen LogP contribution in [0.25, 0.3) is 11.4 Å². The Kier molecular flexibility index (Phi) is 3.64. The molecule has 0 atom stereocenters. The quantitative estimate of drug-likeness (QED) is 0.860. The third-order valence-electron chi connectivity index (χ3n) is 2.73. The maximum Gasteiger partial charge on any atom is 0.273 e. The first-order valence-corrected chi connectivity index (χ1v) is 7.08. The van der Waals surface area contributed by atoms with Crippen LogP contribution < -0.4 is 14.6 Å². The van der Waals surface area contributed by atoms with Crippen molar-refractivity contribution in [2.75, 3.05) is 14.2 Å². The molecule has 108 valence electrons. The van der Waals surface area contributed by atoms with Crippen molar-refractivity contribution in [1.29, 1.82) is 0 Å². The van der Waals surface area contributed by atoms with Crippen molar-refractivity contribution >= 4 is 10.0 Å². The third-order valence-corrected chi connectivity index (χ3v) is 3.60. The minimum atomic E-state index is -3.94. The highest BCUT2D eigenvalue weighted by molar-refractivity contribution is 7.89. The number of hydrogen-bond donors (Lipinski definition) is 1. The second-order valence-corrected chi connectivity index (χ2v) is 5.41. The summed E-state index contributed by atoms with van der Waals surface area (Å²) in [6.45, 7) is 0. The molecule has 2 N–H and O–H groups in total. The van der Waals surface area contributed by atoms with E-state index in [-0.39, 0.29) is 5.16 Å². The maximum atomic E-state index is 11.4. The van der Waals surface area contributed by atoms with Gasteiger partial charge in [0, 0.05) is 7.05 Å². The number of nitrogens with zero attached hydrogens (tertiary/aromatic N) is 3. The van der Waals surface area contributed by atoms with Crippen LogP contribution in [-0.2, 0) is 17.1 Å². The lowest BCUT2D eigenvalue weighted by molar-refractivity contribution is 0.356. The Hall–Kier alpha value is -2.13. The number of methoxy groups -OCH3 is 2. The number of primary sulfonamides is 1. The van der Waals surface area contributed by atoms with Crippen LogP contribution in [0, 0.1) is 0 Å². The maximum absolute atomic E-state index is 11.4. The van der Waals surface area contributed by atoms with E-state index >= 15 is 0 Å². The fourth-order valence-electron chi connectivity index (χ4n) is 1.86. The number of aromatic nitrogens is 3. The summed E-state index contributed by atoms with van der Waals surface area (Å²) in [7, 11) is 0.562. The summed E-state index contributed by atoms with van der Waals surface area (Å²) >= 11 is 0. The molecule has 1 aromatic heterocycles. The van der Waals surface area contributed by atoms with E-state index in [9.17, 15) is 8.42 Å². The number of sulfonamides is 1. The number of para-hydroxylation sites is 1. The predicted octanol–water partition coefficient (Wildman–Crippen LogP) is 0.147. The Labute approximate surface area is 116 Å². The Morgan fingerprint density at radius 2 is 1.90 bits per heavy atom. The summed E-state index contributed by atoms with van der Waals surface area (Å²) < 4.78 is 34.5. The fraction of sp³-hybridized carbons (Fsp3) is 0.273. The number of ether oxygens (including phenoxy) is 2. The van der Waals surface area contributed by atoms with Gasteiger partial charge in [0.1, 0.15) is 0 Å². The standard InChI is InChI=1S/C11H14N4O4S/c1-15-10(13-14-11(15)20(12,16)17)7-5-4-6-8(18-2)9(7)19-3/h4-6H,1-3H3,(H2,12,16,17). The highest BCUT2D eigenvalue weighted by Gasteiger charge is 2.22. The van der Waals surface area contributed by atoms with Crippen LogP contribution in [0.15, 0.2) is 23.4 Å². The van der Waals surface area contributed by atoms with Gasteiger partial charge in [0.25, 0.3) is 15.2 Å². The van der Waals surface area contributed by atoms with Crippen LogP contribution >= 0.6 is 0 Å². The summed E-state index contributed by atoms with van der Waals surface area (Å²) in [6, 6.07) is 5.18. The van der Waals surface area contributed by atoms with E-state index < -0.39 is 10.0 Å². The zero-order valence-electron chi connectivity index (χ0n) is 11.2. The van der Waals surface area contributed by atoms with E-state index in [0.29, 0.717) is 22.9 Å². The molecule has 0 saturated heterocycles. The number of nitrogens with two attached hydrogens (primary N) is 1. The lowest BCUT2D eigenvalue weighted by Gasteiger charge is -2.11. The summed E-state index contributed by atoms with van der Waals surface area (Å²) in [4.78, 5) is 0. The monoisotopic (exact) mass is 298 g/mol. The molecule has 0 fully saturated rings. The van der Waals surface area contributed by atoms with Crippen LogP contribution in [-0.4, -0.2) is 37.4 Å². The minimum Gasteiger partial charge on any atom is -0.493 e. The molecule has 8 nitrogen and oxygen atoms in total. The zero-order valence-corrected chi connectivity index (χ0v) is 12.0. The highest BCUT2D eigenvalue weighted by Crippen LogP contribution is 2.36. The van der Waals surface area contributed by atoms with Crippen molar-refractivity contribution in [2.24, 2.45) is 12.2 Å². The predicted molar refractivity (Wildman–Crippen MR) is 70.9 cm³/mol. The van der Waals surface area contributed by atoms with Gasteiger partial charge in [-0.05, 0) is 12.1 Å². The summed E-state index contributed by atoms with van der Waals surface area (Å²) in [5, 5.41) is 12.2. The number of hydrogen-bond acceptors (Lipinski definition) is 6. The van der Waals surface area contributed by atoms with Crippen molar-refractivity contribution in [1.82, 2.24) is 14.8 Å². The molecule has 0 radical (unpaired) electrons. The molecule has 2 aromatic rings. The topological polar surface area (TPSA) is 109 Å². The van der Waals surface area contributed by atoms with Crippen molar-refractivity contribution in [2.45, 2.75) is 5.16 Å². The van der Waals surface area contributed by atoms with Crippen molar-refractivity contribution in [3.63, 3.8) is 0 Å². The number of benzene rings is 1. The molecule has 0 saturated carbocycles. The van der Waals surface area contributed by atoms with Crippen LogP contribution in [0.4, 0.5) is 0 Å². The van der Waals surface area contributed by atoms with Crippen LogP contribution in [0.5, 0.6) is 11.5 Å². The Morgan fingerprint density at radius 3 is 2.40 bits per heavy atom. The van der Waals surface area contributed by atoms with Crippen molar-refractivity contribution in [3.8, 4) is 22.9 Å². The first-order chi connectivity index (χ1) is 9.40. The van der Waals surface area contributed by atoms with E-state index in [2.05, 4.69) is 10.2 Å². The molecule has 2 rings (SSSR count). The first-order valence-electron chi connectivity index (χ1n) is 5.53. The van der Waals surface area contributed by atoms with Crippen LogP contribution in [0.1, 0.15) is 0 Å². The summed E-state index contributed by atoms with van der Waals surface area (Å²) in [5.41, 5.74) is 0.553. The lowest BCUT2D eigenvalue weighted by Crippen LogP contribution is -2.17. The molecule has 0 amide bonds. The van der Waals surface area contributed by atoms with Gasteiger partial charge in [0.15, 0.2) is 17.3 Å². The van der Waals surface area contributed by atoms with Gasteiger partial charge in [-0.2, -0.15) is 0 Å². The minimum absolute atomic E-state index is 0.310. The van der Waals surface area contributed by atoms with E-state index in [1.807, 2.05) is 0 Å². The molecule has 1 aromatic carbocycles. The number of rotatable bonds is 4. The van der Waals surface area contributed by atoms with Gasteiger partial charge in [-0.3, -0.25) is 4.57 Å². The van der Waals surface area contributed by atoms with Gasteiger partial charge in [-0.25, -0.2) is 13.6 Å². The summed E-state index contributed by atoms with van der Waals surface area (Å²) in [5.74, 6) is 1.25. The Bertz CT molecular complexity index is 739. The normalized spacial score (nSPS) is 11.4. The largest absolute Gasteiger partial charge is 0.493 e. The molecule has 0 bridgehead atoms. The first kappa shape index (κ1) is 14.3. The fourth-order valence-corrected chi connectivity index (χ4v) is 2.48. The lowest BCUT2D eigenvalue weighted by atomic mass is 10.1. The highest BCUT2D eigenvalue weighted by atomic mass is 32.2. The average Bonchev–Trinajstić information content (AvgIpc) is 2.79. The van der Waals surface area contributed by atoms with Crippen molar-refractivity contribution in [3.05, 3.63) is 18.2 Å². The van der Waals surface area contributed by atoms with Gasteiger partial charge >= 0.3 is 0 Å². The van der Waals surface area contributed by atoms with Gasteiger partial charge in [-0.15, -0.1) is 10.2 Å². The molecule has 0 unspecified atom stereocenters. The second-order valence-electron chi connectivity index (χ2n) is 3.95. The third kappa shape index (κ3) is 2.32. The van der Waals surface area contributed by atoms with Gasteiger partial charge in [-0.1, -0.05) is 6.07 Å². The van der Waals surface area contributed by atoms with E-state index in [0.717, 1.165) is 0 Å². The molecule has 0 spiro atoms. The van der Waals surface area contributed by atoms with E-state index in [1.165, 1.54) is 25.8 Å². The molecular weight excluding hydrogens is 284 g/mol. The molecule has 20 heavy (non-hydrogen) atoms. The zero-order chi connectivity index (χ0) is 14.9. The van der Waals surface area contributed by atoms with E-state index in [1.54, 1.807) is 18.2 Å². The molecule has 0 aliphatic rings. The van der Waals surface area contributed by atoms with Crippen LogP contribution in [0.2, 0.25) is 0 Å². The Morgan fingerprint density at radius 1 is 1.20 bits per heavy atom. The SMILES string of the molecule is COc1cccc(-c2nnc(S(N)(=O)=O)n2C)c1OC. The smallest absolute Gasteiger partial charge is 0.273 e. The second kappa shape index (κ2) is 5.10. The van der Waals surface area contributed by atoms with Gasteiger partial charge in [0.2, 0.25) is 0 Å². The molecule has 0 aliphatic heterocycles. The molecular formula is C11H14N4O4S. The summed E-state index contributed by atoms with van der Waals surface area (Å²) in [6.07, 6.45) is 0. The van der Waals surface area contributed by atoms with Crippen LogP contribution in [0.3, 0.4) is 0 Å². The van der Waals surface area contributed by atoms with Crippen molar-refractivity contribution < 1.29 is 17.9 Å². The van der Waals surface area contributed by atoms with Gasteiger partial charge < -0.3 is 9.47 Å². The van der Waals surface area contributed by atoms with E-state index in [4.69, 9.17) is 14.6 Å². The molecule has 0 aliphatic carbocycles. The molecule has 1 heterocycles. The Balaban J connectivity index is 2.67.